The van der Waals surface area contributed by atoms with Gasteiger partial charge in [0, 0.05) is 43.6 Å². The highest BCUT2D eigenvalue weighted by Crippen LogP contribution is 2.39. The highest BCUT2D eigenvalue weighted by atomic mass is 32.1. The molecule has 0 spiro atoms. The monoisotopic (exact) mass is 295 g/mol. The quantitative estimate of drug-likeness (QED) is 0.892. The summed E-state index contributed by atoms with van der Waals surface area (Å²) < 4.78 is 4.52. The Morgan fingerprint density at radius 3 is 2.90 bits per heavy atom. The maximum absolute atomic E-state index is 5.73. The lowest BCUT2D eigenvalue weighted by atomic mass is 10.1. The van der Waals surface area contributed by atoms with Crippen molar-refractivity contribution < 1.29 is 0 Å². The van der Waals surface area contributed by atoms with Crippen LogP contribution >= 0.6 is 11.5 Å². The molecule has 6 heteroatoms. The summed E-state index contributed by atoms with van der Waals surface area (Å²) in [6.45, 7) is 8.59. The fourth-order valence-corrected chi connectivity index (χ4v) is 3.52. The van der Waals surface area contributed by atoms with E-state index in [9.17, 15) is 0 Å². The highest BCUT2D eigenvalue weighted by molar-refractivity contribution is 7.09. The van der Waals surface area contributed by atoms with Crippen molar-refractivity contribution in [2.45, 2.75) is 32.1 Å². The fraction of sp³-hybridized carbons (Fsp3) is 0.857. The molecular weight excluding hydrogens is 270 g/mol. The first-order valence-corrected chi connectivity index (χ1v) is 8.54. The number of rotatable bonds is 5. The Hall–Kier alpha value is -0.720. The largest absolute Gasteiger partial charge is 0.346 e. The third-order valence-corrected chi connectivity index (χ3v) is 5.00. The number of hydrogen-bond donors (Lipinski definition) is 1. The van der Waals surface area contributed by atoms with Crippen LogP contribution in [0.2, 0.25) is 0 Å². The minimum Gasteiger partial charge on any atom is -0.346 e. The Morgan fingerprint density at radius 2 is 2.15 bits per heavy atom. The molecule has 1 saturated heterocycles. The first kappa shape index (κ1) is 14.2. The van der Waals surface area contributed by atoms with E-state index in [4.69, 9.17) is 10.7 Å². The molecular formula is C14H25N5S. The maximum atomic E-state index is 5.73. The molecule has 0 amide bonds. The lowest BCUT2D eigenvalue weighted by Gasteiger charge is -2.23. The van der Waals surface area contributed by atoms with Gasteiger partial charge in [0.2, 0.25) is 5.13 Å². The average molecular weight is 295 g/mol. The van der Waals surface area contributed by atoms with E-state index in [0.29, 0.717) is 11.8 Å². The molecule has 2 N–H and O–H groups in total. The van der Waals surface area contributed by atoms with Gasteiger partial charge in [-0.25, -0.2) is 4.98 Å². The van der Waals surface area contributed by atoms with Crippen LogP contribution in [0, 0.1) is 5.92 Å². The predicted octanol–water partition coefficient (Wildman–Crippen LogP) is 1.52. The first-order chi connectivity index (χ1) is 9.76. The highest BCUT2D eigenvalue weighted by Gasteiger charge is 2.29. The zero-order chi connectivity index (χ0) is 13.9. The summed E-state index contributed by atoms with van der Waals surface area (Å²) in [6, 6.07) is 0. The van der Waals surface area contributed by atoms with Crippen molar-refractivity contribution in [3.63, 3.8) is 0 Å². The zero-order valence-corrected chi connectivity index (χ0v) is 13.1. The van der Waals surface area contributed by atoms with Crippen molar-refractivity contribution in [3.05, 3.63) is 5.82 Å². The van der Waals surface area contributed by atoms with Crippen molar-refractivity contribution in [2.75, 3.05) is 44.2 Å². The topological polar surface area (TPSA) is 58.3 Å². The van der Waals surface area contributed by atoms with Gasteiger partial charge in [-0.1, -0.05) is 6.92 Å². The molecule has 1 atom stereocenters. The van der Waals surface area contributed by atoms with E-state index < -0.39 is 0 Å². The third-order valence-electron chi connectivity index (χ3n) is 4.20. The molecule has 1 aromatic rings. The van der Waals surface area contributed by atoms with E-state index in [1.54, 1.807) is 11.5 Å². The first-order valence-electron chi connectivity index (χ1n) is 7.77. The van der Waals surface area contributed by atoms with Crippen LogP contribution in [-0.2, 0) is 0 Å². The van der Waals surface area contributed by atoms with Crippen LogP contribution in [0.4, 0.5) is 5.13 Å². The number of hydrogen-bond acceptors (Lipinski definition) is 6. The Bertz CT molecular complexity index is 431. The van der Waals surface area contributed by atoms with Gasteiger partial charge in [-0.15, -0.1) is 0 Å². The summed E-state index contributed by atoms with van der Waals surface area (Å²) in [4.78, 5) is 9.69. The molecule has 2 fully saturated rings. The van der Waals surface area contributed by atoms with Crippen LogP contribution < -0.4 is 10.6 Å². The second kappa shape index (κ2) is 6.37. The number of anilines is 1. The summed E-state index contributed by atoms with van der Waals surface area (Å²) >= 11 is 1.58. The van der Waals surface area contributed by atoms with Crippen molar-refractivity contribution >= 4 is 16.7 Å². The number of aromatic nitrogens is 2. The fourth-order valence-electron chi connectivity index (χ4n) is 2.72. The second-order valence-corrected chi connectivity index (χ2v) is 6.92. The Kier molecular flexibility index (Phi) is 4.53. The third kappa shape index (κ3) is 3.48. The smallest absolute Gasteiger partial charge is 0.205 e. The molecule has 1 unspecified atom stereocenters. The van der Waals surface area contributed by atoms with Gasteiger partial charge >= 0.3 is 0 Å². The summed E-state index contributed by atoms with van der Waals surface area (Å²) in [5, 5.41) is 1.13. The maximum Gasteiger partial charge on any atom is 0.205 e. The molecule has 0 aromatic carbocycles. The van der Waals surface area contributed by atoms with Gasteiger partial charge in [0.05, 0.1) is 0 Å². The van der Waals surface area contributed by atoms with Gasteiger partial charge in [0.1, 0.15) is 5.82 Å². The van der Waals surface area contributed by atoms with Crippen LogP contribution in [0.1, 0.15) is 37.9 Å². The minimum atomic E-state index is 0.588. The van der Waals surface area contributed by atoms with Crippen LogP contribution in [0.5, 0.6) is 0 Å². The summed E-state index contributed by atoms with van der Waals surface area (Å²) in [6.07, 6.45) is 3.76. The van der Waals surface area contributed by atoms with E-state index in [1.807, 2.05) is 0 Å². The zero-order valence-electron chi connectivity index (χ0n) is 12.3. The van der Waals surface area contributed by atoms with Crippen LogP contribution in [0.25, 0.3) is 0 Å². The van der Waals surface area contributed by atoms with Crippen LogP contribution in [0.15, 0.2) is 0 Å². The Balaban J connectivity index is 1.55. The minimum absolute atomic E-state index is 0.588. The SMILES string of the molecule is CC(CN)CN1CCCN(c2nc(C3CC3)ns2)CC1. The Morgan fingerprint density at radius 1 is 1.30 bits per heavy atom. The number of nitrogens with zero attached hydrogens (tertiary/aromatic N) is 4. The van der Waals surface area contributed by atoms with Gasteiger partial charge in [0.25, 0.3) is 0 Å². The summed E-state index contributed by atoms with van der Waals surface area (Å²) in [5.74, 6) is 2.33. The molecule has 3 rings (SSSR count). The van der Waals surface area contributed by atoms with Crippen LogP contribution in [0.3, 0.4) is 0 Å². The van der Waals surface area contributed by atoms with Gasteiger partial charge in [0.15, 0.2) is 0 Å². The average Bonchev–Trinajstić information content (AvgIpc) is 3.23. The lowest BCUT2D eigenvalue weighted by Crippen LogP contribution is -2.35. The van der Waals surface area contributed by atoms with Gasteiger partial charge < -0.3 is 15.5 Å². The number of nitrogens with two attached hydrogens (primary N) is 1. The molecule has 20 heavy (non-hydrogen) atoms. The summed E-state index contributed by atoms with van der Waals surface area (Å²) in [7, 11) is 0. The molecule has 2 heterocycles. The molecule has 2 aliphatic rings. The van der Waals surface area contributed by atoms with E-state index in [1.165, 1.54) is 25.8 Å². The van der Waals surface area contributed by atoms with Gasteiger partial charge in [-0.2, -0.15) is 4.37 Å². The predicted molar refractivity (Wildman–Crippen MR) is 83.4 cm³/mol. The molecule has 1 aliphatic heterocycles. The van der Waals surface area contributed by atoms with Gasteiger partial charge in [-0.3, -0.25) is 0 Å². The Labute approximate surface area is 125 Å². The van der Waals surface area contributed by atoms with E-state index >= 15 is 0 Å². The normalized spacial score (nSPS) is 22.8. The van der Waals surface area contributed by atoms with Crippen molar-refractivity contribution in [1.82, 2.24) is 14.3 Å². The van der Waals surface area contributed by atoms with Crippen molar-refractivity contribution in [1.29, 1.82) is 0 Å². The lowest BCUT2D eigenvalue weighted by molar-refractivity contribution is 0.255. The van der Waals surface area contributed by atoms with Gasteiger partial charge in [-0.05, 0) is 38.3 Å². The van der Waals surface area contributed by atoms with Crippen molar-refractivity contribution in [2.24, 2.45) is 11.7 Å². The molecule has 1 aromatic heterocycles. The molecule has 5 nitrogen and oxygen atoms in total. The van der Waals surface area contributed by atoms with Crippen LogP contribution in [-0.4, -0.2) is 53.5 Å². The molecule has 1 saturated carbocycles. The molecule has 0 radical (unpaired) electrons. The molecule has 112 valence electrons. The van der Waals surface area contributed by atoms with E-state index in [-0.39, 0.29) is 0 Å². The molecule has 0 bridgehead atoms. The standard InChI is InChI=1S/C14H25N5S/c1-11(9-15)10-18-5-2-6-19(8-7-18)14-16-13(17-20-14)12-3-4-12/h11-12H,2-10,15H2,1H3. The van der Waals surface area contributed by atoms with E-state index in [0.717, 1.165) is 43.7 Å². The van der Waals surface area contributed by atoms with Crippen molar-refractivity contribution in [3.8, 4) is 0 Å². The van der Waals surface area contributed by atoms with E-state index in [2.05, 4.69) is 21.1 Å². The second-order valence-electron chi connectivity index (χ2n) is 6.19. The molecule has 1 aliphatic carbocycles. The summed E-state index contributed by atoms with van der Waals surface area (Å²) in [5.41, 5.74) is 5.73.